The Morgan fingerprint density at radius 3 is 2.33 bits per heavy atom. The van der Waals surface area contributed by atoms with E-state index < -0.39 is 17.8 Å². The Morgan fingerprint density at radius 2 is 1.75 bits per heavy atom. The third-order valence-electron chi connectivity index (χ3n) is 7.28. The Morgan fingerprint density at radius 1 is 1.06 bits per heavy atom. The van der Waals surface area contributed by atoms with Gasteiger partial charge in [-0.2, -0.15) is 5.10 Å². The summed E-state index contributed by atoms with van der Waals surface area (Å²) in [7, 11) is 0. The SMILES string of the molecule is CC(C)n1nccc1C(=O)NC(C(=O)Nc1ccc(CC(=O)NC2CC2)cc1F)C(C1CC1)C1CC1. The van der Waals surface area contributed by atoms with Crippen molar-refractivity contribution < 1.29 is 18.8 Å². The average molecular weight is 496 g/mol. The van der Waals surface area contributed by atoms with Gasteiger partial charge in [0.1, 0.15) is 17.6 Å². The number of carbonyl (C=O) groups is 3. The van der Waals surface area contributed by atoms with Gasteiger partial charge in [0.2, 0.25) is 11.8 Å². The topological polar surface area (TPSA) is 105 Å². The number of amides is 3. The number of anilines is 1. The molecule has 1 aromatic carbocycles. The molecule has 0 radical (unpaired) electrons. The first-order chi connectivity index (χ1) is 17.3. The van der Waals surface area contributed by atoms with Crippen LogP contribution in [-0.4, -0.2) is 39.6 Å². The molecule has 1 unspecified atom stereocenters. The van der Waals surface area contributed by atoms with Gasteiger partial charge in [-0.3, -0.25) is 19.1 Å². The fraction of sp³-hybridized carbons (Fsp3) is 0.556. The third-order valence-corrected chi connectivity index (χ3v) is 7.28. The molecule has 3 aliphatic carbocycles. The monoisotopic (exact) mass is 495 g/mol. The zero-order chi connectivity index (χ0) is 25.4. The predicted octanol–water partition coefficient (Wildman–Crippen LogP) is 3.60. The van der Waals surface area contributed by atoms with Crippen LogP contribution in [0.4, 0.5) is 10.1 Å². The number of hydrogen-bond donors (Lipinski definition) is 3. The fourth-order valence-electron chi connectivity index (χ4n) is 5.02. The smallest absolute Gasteiger partial charge is 0.270 e. The first-order valence-corrected chi connectivity index (χ1v) is 13.0. The number of aromatic nitrogens is 2. The van der Waals surface area contributed by atoms with E-state index in [0.717, 1.165) is 38.5 Å². The number of carbonyl (C=O) groups excluding carboxylic acids is 3. The molecule has 1 atom stereocenters. The number of hydrogen-bond acceptors (Lipinski definition) is 4. The lowest BCUT2D eigenvalue weighted by molar-refractivity contribution is -0.121. The van der Waals surface area contributed by atoms with Crippen LogP contribution in [0.15, 0.2) is 30.5 Å². The molecular weight excluding hydrogens is 461 g/mol. The Bertz CT molecular complexity index is 1140. The molecule has 1 heterocycles. The zero-order valence-corrected chi connectivity index (χ0v) is 20.8. The molecule has 8 nitrogen and oxygen atoms in total. The largest absolute Gasteiger partial charge is 0.353 e. The number of benzene rings is 1. The van der Waals surface area contributed by atoms with Gasteiger partial charge < -0.3 is 16.0 Å². The van der Waals surface area contributed by atoms with E-state index in [1.54, 1.807) is 23.0 Å². The van der Waals surface area contributed by atoms with Crippen molar-refractivity contribution >= 4 is 23.4 Å². The van der Waals surface area contributed by atoms with Crippen molar-refractivity contribution in [3.05, 3.63) is 47.5 Å². The van der Waals surface area contributed by atoms with Crippen molar-refractivity contribution in [2.45, 2.75) is 76.9 Å². The number of nitrogens with one attached hydrogen (secondary N) is 3. The first kappa shape index (κ1) is 24.5. The predicted molar refractivity (Wildman–Crippen MR) is 133 cm³/mol. The van der Waals surface area contributed by atoms with Crippen LogP contribution in [0.1, 0.15) is 74.5 Å². The minimum Gasteiger partial charge on any atom is -0.353 e. The quantitative estimate of drug-likeness (QED) is 0.443. The summed E-state index contributed by atoms with van der Waals surface area (Å²) < 4.78 is 16.6. The lowest BCUT2D eigenvalue weighted by atomic mass is 9.88. The second-order valence-corrected chi connectivity index (χ2v) is 10.8. The van der Waals surface area contributed by atoms with E-state index in [1.807, 2.05) is 13.8 Å². The highest BCUT2D eigenvalue weighted by molar-refractivity contribution is 6.01. The van der Waals surface area contributed by atoms with Gasteiger partial charge in [-0.15, -0.1) is 0 Å². The molecule has 3 amide bonds. The van der Waals surface area contributed by atoms with E-state index in [-0.39, 0.29) is 41.9 Å². The number of rotatable bonds is 11. The molecule has 3 saturated carbocycles. The molecule has 9 heteroatoms. The molecule has 3 N–H and O–H groups in total. The van der Waals surface area contributed by atoms with Crippen LogP contribution in [0.2, 0.25) is 0 Å². The third kappa shape index (κ3) is 5.77. The summed E-state index contributed by atoms with van der Waals surface area (Å²) in [6.45, 7) is 3.88. The molecular formula is C27H34FN5O3. The molecule has 3 aliphatic rings. The minimum atomic E-state index is -0.767. The first-order valence-electron chi connectivity index (χ1n) is 13.0. The maximum Gasteiger partial charge on any atom is 0.270 e. The molecule has 3 fully saturated rings. The summed E-state index contributed by atoms with van der Waals surface area (Å²) in [5, 5.41) is 12.8. The summed E-state index contributed by atoms with van der Waals surface area (Å²) >= 11 is 0. The second-order valence-electron chi connectivity index (χ2n) is 10.8. The van der Waals surface area contributed by atoms with Crippen molar-refractivity contribution in [1.82, 2.24) is 20.4 Å². The fourth-order valence-corrected chi connectivity index (χ4v) is 5.02. The number of halogens is 1. The summed E-state index contributed by atoms with van der Waals surface area (Å²) in [4.78, 5) is 38.8. The molecule has 5 rings (SSSR count). The van der Waals surface area contributed by atoms with Gasteiger partial charge in [-0.25, -0.2) is 4.39 Å². The van der Waals surface area contributed by atoms with Gasteiger partial charge in [0.05, 0.1) is 12.1 Å². The van der Waals surface area contributed by atoms with Crippen molar-refractivity contribution in [3.8, 4) is 0 Å². The van der Waals surface area contributed by atoms with Crippen LogP contribution in [0.3, 0.4) is 0 Å². The van der Waals surface area contributed by atoms with Crippen molar-refractivity contribution in [1.29, 1.82) is 0 Å². The molecule has 1 aromatic heterocycles. The van der Waals surface area contributed by atoms with Crippen LogP contribution in [0.25, 0.3) is 0 Å². The second kappa shape index (κ2) is 10.0. The van der Waals surface area contributed by atoms with Crippen molar-refractivity contribution in [2.24, 2.45) is 17.8 Å². The molecule has 36 heavy (non-hydrogen) atoms. The molecule has 0 bridgehead atoms. The molecule has 0 saturated heterocycles. The highest BCUT2D eigenvalue weighted by atomic mass is 19.1. The maximum atomic E-state index is 14.9. The molecule has 192 valence electrons. The van der Waals surface area contributed by atoms with Crippen LogP contribution in [-0.2, 0) is 16.0 Å². The van der Waals surface area contributed by atoms with Crippen LogP contribution < -0.4 is 16.0 Å². The van der Waals surface area contributed by atoms with E-state index in [9.17, 15) is 18.8 Å². The lowest BCUT2D eigenvalue weighted by Crippen LogP contribution is -2.50. The van der Waals surface area contributed by atoms with E-state index in [4.69, 9.17) is 0 Å². The Hall–Kier alpha value is -3.23. The van der Waals surface area contributed by atoms with E-state index in [1.165, 1.54) is 12.1 Å². The van der Waals surface area contributed by atoms with Gasteiger partial charge in [-0.1, -0.05) is 6.07 Å². The summed E-state index contributed by atoms with van der Waals surface area (Å²) in [6.07, 6.45) is 7.80. The minimum absolute atomic E-state index is 0.00495. The Kier molecular flexibility index (Phi) is 6.81. The average Bonchev–Trinajstić information content (AvgIpc) is 3.69. The van der Waals surface area contributed by atoms with Gasteiger partial charge in [0.25, 0.3) is 5.91 Å². The Balaban J connectivity index is 1.31. The van der Waals surface area contributed by atoms with Crippen LogP contribution in [0, 0.1) is 23.6 Å². The molecule has 2 aromatic rings. The normalized spacial score (nSPS) is 18.2. The lowest BCUT2D eigenvalue weighted by Gasteiger charge is -2.28. The van der Waals surface area contributed by atoms with Crippen LogP contribution >= 0.6 is 0 Å². The van der Waals surface area contributed by atoms with E-state index in [2.05, 4.69) is 21.0 Å². The van der Waals surface area contributed by atoms with Crippen molar-refractivity contribution in [2.75, 3.05) is 5.32 Å². The summed E-state index contributed by atoms with van der Waals surface area (Å²) in [6, 6.07) is 5.55. The standard InChI is InChI=1S/C27H34FN5O3/c1-15(2)33-22(11-12-29-33)26(35)32-25(24(17-4-5-17)18-6-7-18)27(36)31-21-10-3-16(13-20(21)28)14-23(34)30-19-8-9-19/h3,10-13,15,17-19,24-25H,4-9,14H2,1-2H3,(H,30,34)(H,31,36)(H,32,35). The van der Waals surface area contributed by atoms with Crippen LogP contribution in [0.5, 0.6) is 0 Å². The van der Waals surface area contributed by atoms with E-state index >= 15 is 0 Å². The van der Waals surface area contributed by atoms with E-state index in [0.29, 0.717) is 23.1 Å². The molecule has 0 spiro atoms. The van der Waals surface area contributed by atoms with Gasteiger partial charge in [-0.05, 0) is 93.9 Å². The summed E-state index contributed by atoms with van der Waals surface area (Å²) in [5.41, 5.74) is 0.987. The molecule has 0 aliphatic heterocycles. The Labute approximate surface area is 210 Å². The zero-order valence-electron chi connectivity index (χ0n) is 20.8. The van der Waals surface area contributed by atoms with Gasteiger partial charge >= 0.3 is 0 Å². The van der Waals surface area contributed by atoms with Crippen molar-refractivity contribution in [3.63, 3.8) is 0 Å². The highest BCUT2D eigenvalue weighted by Gasteiger charge is 2.48. The van der Waals surface area contributed by atoms with Gasteiger partial charge in [0, 0.05) is 18.3 Å². The van der Waals surface area contributed by atoms with Gasteiger partial charge in [0.15, 0.2) is 0 Å². The highest BCUT2D eigenvalue weighted by Crippen LogP contribution is 2.51. The number of nitrogens with zero attached hydrogens (tertiary/aromatic N) is 2. The maximum absolute atomic E-state index is 14.9. The summed E-state index contributed by atoms with van der Waals surface area (Å²) in [5.74, 6) is -0.698.